The lowest BCUT2D eigenvalue weighted by Gasteiger charge is -2.34. The number of aromatic nitrogens is 3. The van der Waals surface area contributed by atoms with Crippen molar-refractivity contribution < 1.29 is 13.5 Å². The van der Waals surface area contributed by atoms with Crippen molar-refractivity contribution >= 4 is 22.4 Å². The van der Waals surface area contributed by atoms with E-state index < -0.39 is 11.6 Å². The number of benzene rings is 1. The lowest BCUT2D eigenvalue weighted by Crippen LogP contribution is -2.43. The monoisotopic (exact) mass is 534 g/mol. The standard InChI is InChI=1S/C30H36F2N6O/c1-2-33-25-21(6-3-7-23(25)31)26-24(32)27-22(15-34-26)28(37-16-19-8-9-20(14-19)17-37)36-29(35-27)39-18-30-10-4-12-38(30)13-5-11-30/h3,6-7,15,19-20,33H,2,4-5,8-14,16-18H2,1H3. The molecule has 39 heavy (non-hydrogen) atoms. The third-order valence-corrected chi connectivity index (χ3v) is 9.45. The highest BCUT2D eigenvalue weighted by molar-refractivity contribution is 5.93. The van der Waals surface area contributed by atoms with Crippen LogP contribution in [0, 0.1) is 23.5 Å². The zero-order valence-electron chi connectivity index (χ0n) is 22.6. The molecule has 1 aliphatic carbocycles. The second-order valence-electron chi connectivity index (χ2n) is 11.9. The van der Waals surface area contributed by atoms with E-state index in [4.69, 9.17) is 9.72 Å². The van der Waals surface area contributed by atoms with Crippen LogP contribution < -0.4 is 15.0 Å². The quantitative estimate of drug-likeness (QED) is 0.421. The Morgan fingerprint density at radius 2 is 1.85 bits per heavy atom. The van der Waals surface area contributed by atoms with E-state index in [1.807, 2.05) is 6.92 Å². The van der Waals surface area contributed by atoms with Gasteiger partial charge in [0.1, 0.15) is 29.5 Å². The van der Waals surface area contributed by atoms with E-state index in [1.54, 1.807) is 18.3 Å². The normalized spacial score (nSPS) is 23.9. The molecule has 2 unspecified atom stereocenters. The van der Waals surface area contributed by atoms with Gasteiger partial charge in [-0.3, -0.25) is 9.88 Å². The van der Waals surface area contributed by atoms with E-state index >= 15 is 4.39 Å². The highest BCUT2D eigenvalue weighted by Crippen LogP contribution is 2.42. The Morgan fingerprint density at radius 3 is 2.59 bits per heavy atom. The van der Waals surface area contributed by atoms with Gasteiger partial charge in [0, 0.05) is 31.4 Å². The van der Waals surface area contributed by atoms with E-state index in [1.165, 1.54) is 38.2 Å². The van der Waals surface area contributed by atoms with Crippen LogP contribution in [0.3, 0.4) is 0 Å². The predicted molar refractivity (Wildman–Crippen MR) is 148 cm³/mol. The lowest BCUT2D eigenvalue weighted by molar-refractivity contribution is 0.108. The van der Waals surface area contributed by atoms with E-state index in [9.17, 15) is 4.39 Å². The van der Waals surface area contributed by atoms with Gasteiger partial charge in [-0.1, -0.05) is 12.1 Å². The molecule has 0 spiro atoms. The smallest absolute Gasteiger partial charge is 0.319 e. The fraction of sp³-hybridized carbons (Fsp3) is 0.567. The van der Waals surface area contributed by atoms with Crippen LogP contribution in [0.2, 0.25) is 0 Å². The van der Waals surface area contributed by atoms with Crippen molar-refractivity contribution in [3.63, 3.8) is 0 Å². The Balaban J connectivity index is 1.32. The van der Waals surface area contributed by atoms with Crippen LogP contribution in [0.1, 0.15) is 51.9 Å². The van der Waals surface area contributed by atoms with Gasteiger partial charge in [-0.25, -0.2) is 8.78 Å². The number of piperidine rings is 1. The molecule has 4 fully saturated rings. The van der Waals surface area contributed by atoms with E-state index in [-0.39, 0.29) is 28.4 Å². The molecule has 0 radical (unpaired) electrons. The summed E-state index contributed by atoms with van der Waals surface area (Å²) in [6.07, 6.45) is 9.94. The number of hydrogen-bond acceptors (Lipinski definition) is 7. The first kappa shape index (κ1) is 24.9. The second-order valence-corrected chi connectivity index (χ2v) is 11.9. The first-order valence-electron chi connectivity index (χ1n) is 14.6. The first-order valence-corrected chi connectivity index (χ1v) is 14.6. The predicted octanol–water partition coefficient (Wildman–Crippen LogP) is 5.65. The summed E-state index contributed by atoms with van der Waals surface area (Å²) >= 11 is 0. The van der Waals surface area contributed by atoms with Crippen LogP contribution in [0.25, 0.3) is 22.2 Å². The molecular formula is C30H36F2N6O. The molecule has 7 rings (SSSR count). The molecule has 2 atom stereocenters. The number of nitrogens with one attached hydrogen (secondary N) is 1. The van der Waals surface area contributed by atoms with Gasteiger partial charge in [-0.05, 0) is 82.9 Å². The largest absolute Gasteiger partial charge is 0.461 e. The number of anilines is 2. The Bertz CT molecular complexity index is 1380. The van der Waals surface area contributed by atoms with Gasteiger partial charge in [-0.15, -0.1) is 0 Å². The molecule has 9 heteroatoms. The van der Waals surface area contributed by atoms with Crippen LogP contribution >= 0.6 is 0 Å². The highest BCUT2D eigenvalue weighted by atomic mass is 19.1. The highest BCUT2D eigenvalue weighted by Gasteiger charge is 2.45. The van der Waals surface area contributed by atoms with E-state index in [0.29, 0.717) is 41.8 Å². The average molecular weight is 535 g/mol. The van der Waals surface area contributed by atoms with Crippen molar-refractivity contribution in [1.82, 2.24) is 19.9 Å². The number of nitrogens with zero attached hydrogens (tertiary/aromatic N) is 5. The molecule has 4 aliphatic rings. The molecule has 3 saturated heterocycles. The number of ether oxygens (including phenoxy) is 1. The second kappa shape index (κ2) is 9.84. The SMILES string of the molecule is CCNc1c(F)cccc1-c1ncc2c(N3CC4CCC(C4)C3)nc(OCC34CCCN3CCC4)nc2c1F. The number of rotatable bonds is 7. The lowest BCUT2D eigenvalue weighted by atomic mass is 9.95. The van der Waals surface area contributed by atoms with Gasteiger partial charge in [0.05, 0.1) is 16.6 Å². The fourth-order valence-corrected chi connectivity index (χ4v) is 7.63. The zero-order valence-corrected chi connectivity index (χ0v) is 22.6. The molecule has 2 aromatic heterocycles. The van der Waals surface area contributed by atoms with Gasteiger partial charge in [0.15, 0.2) is 5.82 Å². The Hall–Kier alpha value is -3.07. The molecule has 1 saturated carbocycles. The number of fused-ring (bicyclic) bond motifs is 4. The van der Waals surface area contributed by atoms with Crippen molar-refractivity contribution in [2.24, 2.45) is 11.8 Å². The van der Waals surface area contributed by atoms with E-state index in [2.05, 4.69) is 25.1 Å². The molecule has 7 nitrogen and oxygen atoms in total. The van der Waals surface area contributed by atoms with E-state index in [0.717, 1.165) is 39.0 Å². The zero-order chi connectivity index (χ0) is 26.6. The molecule has 5 heterocycles. The maximum Gasteiger partial charge on any atom is 0.319 e. The van der Waals surface area contributed by atoms with Crippen LogP contribution in [-0.4, -0.2) is 64.7 Å². The van der Waals surface area contributed by atoms with Crippen molar-refractivity contribution in [1.29, 1.82) is 0 Å². The Morgan fingerprint density at radius 1 is 1.08 bits per heavy atom. The summed E-state index contributed by atoms with van der Waals surface area (Å²) in [5, 5.41) is 3.61. The number of pyridine rings is 1. The maximum atomic E-state index is 16.4. The van der Waals surface area contributed by atoms with Crippen molar-refractivity contribution in [2.45, 2.75) is 57.4 Å². The molecule has 1 N–H and O–H groups in total. The molecule has 3 aliphatic heterocycles. The average Bonchev–Trinajstić information content (AvgIpc) is 3.62. The van der Waals surface area contributed by atoms with Crippen molar-refractivity contribution in [2.75, 3.05) is 49.5 Å². The summed E-state index contributed by atoms with van der Waals surface area (Å²) in [7, 11) is 0. The van der Waals surface area contributed by atoms with Gasteiger partial charge >= 0.3 is 6.01 Å². The van der Waals surface area contributed by atoms with Crippen molar-refractivity contribution in [3.8, 4) is 17.3 Å². The van der Waals surface area contributed by atoms with Crippen LogP contribution in [0.15, 0.2) is 24.4 Å². The molecular weight excluding hydrogens is 498 g/mol. The van der Waals surface area contributed by atoms with Gasteiger partial charge in [0.25, 0.3) is 0 Å². The van der Waals surface area contributed by atoms with Crippen LogP contribution in [-0.2, 0) is 0 Å². The van der Waals surface area contributed by atoms with Crippen molar-refractivity contribution in [3.05, 3.63) is 36.0 Å². The molecule has 206 valence electrons. The minimum absolute atomic E-state index is 0.0347. The van der Waals surface area contributed by atoms with Crippen LogP contribution in [0.4, 0.5) is 20.3 Å². The number of hydrogen-bond donors (Lipinski definition) is 1. The summed E-state index contributed by atoms with van der Waals surface area (Å²) in [4.78, 5) is 18.9. The molecule has 1 aromatic carbocycles. The summed E-state index contributed by atoms with van der Waals surface area (Å²) in [6, 6.07) is 4.85. The molecule has 2 bridgehead atoms. The molecule has 0 amide bonds. The minimum Gasteiger partial charge on any atom is -0.461 e. The summed E-state index contributed by atoms with van der Waals surface area (Å²) in [5.74, 6) is 0.947. The van der Waals surface area contributed by atoms with Gasteiger partial charge < -0.3 is 15.0 Å². The minimum atomic E-state index is -0.577. The Kier molecular flexibility index (Phi) is 6.29. The maximum absolute atomic E-state index is 16.4. The van der Waals surface area contributed by atoms with Gasteiger partial charge in [-0.2, -0.15) is 9.97 Å². The summed E-state index contributed by atoms with van der Waals surface area (Å²) < 4.78 is 37.4. The fourth-order valence-electron chi connectivity index (χ4n) is 7.63. The molecule has 3 aromatic rings. The van der Waals surface area contributed by atoms with Gasteiger partial charge in [0.2, 0.25) is 0 Å². The summed E-state index contributed by atoms with van der Waals surface area (Å²) in [5.41, 5.74) is 0.903. The third kappa shape index (κ3) is 4.29. The Labute approximate surface area is 228 Å². The third-order valence-electron chi connectivity index (χ3n) is 9.45. The number of para-hydroxylation sites is 1. The van der Waals surface area contributed by atoms with Crippen LogP contribution in [0.5, 0.6) is 6.01 Å². The first-order chi connectivity index (χ1) is 19.0. The number of halogens is 2. The summed E-state index contributed by atoms with van der Waals surface area (Å²) in [6.45, 7) is 6.91. The topological polar surface area (TPSA) is 66.4 Å².